The Bertz CT molecular complexity index is 832. The van der Waals surface area contributed by atoms with E-state index in [-0.39, 0.29) is 13.0 Å². The summed E-state index contributed by atoms with van der Waals surface area (Å²) in [6.07, 6.45) is 3.94. The van der Waals surface area contributed by atoms with Crippen molar-refractivity contribution in [1.82, 2.24) is 25.5 Å². The van der Waals surface area contributed by atoms with Gasteiger partial charge in [-0.1, -0.05) is 37.5 Å². The number of thioether (sulfide) groups is 1. The lowest BCUT2D eigenvalue weighted by molar-refractivity contribution is -0.154. The van der Waals surface area contributed by atoms with E-state index in [1.807, 2.05) is 0 Å². The maximum Gasteiger partial charge on any atom is 0.409 e. The number of aliphatic hydroxyl groups is 1. The molecule has 1 aromatic rings. The summed E-state index contributed by atoms with van der Waals surface area (Å²) < 4.78 is 46.0. The predicted octanol–water partition coefficient (Wildman–Crippen LogP) is 3.53. The number of hydrogen-bond acceptors (Lipinski definition) is 7. The van der Waals surface area contributed by atoms with Crippen molar-refractivity contribution in [2.45, 2.75) is 81.2 Å². The van der Waals surface area contributed by atoms with Gasteiger partial charge < -0.3 is 9.84 Å². The van der Waals surface area contributed by atoms with Crippen molar-refractivity contribution in [2.75, 3.05) is 13.2 Å². The average molecular weight is 490 g/mol. The number of hydrogen-bond donors (Lipinski definition) is 2. The highest BCUT2D eigenvalue weighted by Gasteiger charge is 2.55. The van der Waals surface area contributed by atoms with Gasteiger partial charge in [-0.2, -0.15) is 18.4 Å². The van der Waals surface area contributed by atoms with Gasteiger partial charge >= 0.3 is 6.18 Å². The molecule has 1 aliphatic carbocycles. The number of nitrogens with one attached hydrogen (secondary N) is 1. The van der Waals surface area contributed by atoms with E-state index in [4.69, 9.17) is 4.74 Å². The summed E-state index contributed by atoms with van der Waals surface area (Å²) in [5.74, 6) is -0.376. The van der Waals surface area contributed by atoms with Crippen LogP contribution in [-0.2, 0) is 16.0 Å². The Morgan fingerprint density at radius 2 is 2.12 bits per heavy atom. The van der Waals surface area contributed by atoms with Gasteiger partial charge in [0.15, 0.2) is 11.1 Å². The van der Waals surface area contributed by atoms with Crippen molar-refractivity contribution in [2.24, 2.45) is 0 Å². The third kappa shape index (κ3) is 7.03. The molecule has 2 N–H and O–H groups in total. The van der Waals surface area contributed by atoms with Crippen LogP contribution in [-0.4, -0.2) is 72.7 Å². The van der Waals surface area contributed by atoms with Gasteiger partial charge in [0.1, 0.15) is 5.37 Å². The molecule has 3 unspecified atom stereocenters. The second kappa shape index (κ2) is 12.0. The standard InChI is InChI=1S/C21H30F3N5O3S/c1-2-3-4-7-16(30)14-9-10-15(12-14)29-18(33-19(20(29)31)21(22,23)24)13-32-11-6-5-8-17-25-27-28-26-17/h9-10,16,18-19,30H,2-8,11-13H2,1H3,(H,25,26,27,28). The van der Waals surface area contributed by atoms with Crippen LogP contribution in [0, 0.1) is 0 Å². The zero-order chi connectivity index (χ0) is 23.8. The van der Waals surface area contributed by atoms with Crippen LogP contribution in [0.15, 0.2) is 23.4 Å². The molecule has 3 atom stereocenters. The summed E-state index contributed by atoms with van der Waals surface area (Å²) in [5, 5.41) is 21.1. The smallest absolute Gasteiger partial charge is 0.389 e. The number of halogens is 3. The Morgan fingerprint density at radius 3 is 2.82 bits per heavy atom. The molecule has 3 rings (SSSR count). The minimum Gasteiger partial charge on any atom is -0.389 e. The van der Waals surface area contributed by atoms with Crippen molar-refractivity contribution in [3.63, 3.8) is 0 Å². The second-order valence-corrected chi connectivity index (χ2v) is 9.46. The fraction of sp³-hybridized carbons (Fsp3) is 0.714. The summed E-state index contributed by atoms with van der Waals surface area (Å²) in [7, 11) is 0. The highest BCUT2D eigenvalue weighted by molar-refractivity contribution is 8.01. The molecule has 184 valence electrons. The number of aromatic amines is 1. The van der Waals surface area contributed by atoms with E-state index in [9.17, 15) is 23.1 Å². The summed E-state index contributed by atoms with van der Waals surface area (Å²) in [4.78, 5) is 13.9. The number of aromatic nitrogens is 4. The Morgan fingerprint density at radius 1 is 1.30 bits per heavy atom. The topological polar surface area (TPSA) is 104 Å². The third-order valence-corrected chi connectivity index (χ3v) is 7.02. The van der Waals surface area contributed by atoms with Crippen LogP contribution >= 0.6 is 11.8 Å². The zero-order valence-corrected chi connectivity index (χ0v) is 19.4. The Balaban J connectivity index is 1.52. The van der Waals surface area contributed by atoms with Crippen molar-refractivity contribution >= 4 is 17.7 Å². The van der Waals surface area contributed by atoms with Gasteiger partial charge in [-0.3, -0.25) is 9.69 Å². The van der Waals surface area contributed by atoms with E-state index >= 15 is 0 Å². The first kappa shape index (κ1) is 25.7. The number of carbonyl (C=O) groups is 1. The zero-order valence-electron chi connectivity index (χ0n) is 18.6. The van der Waals surface area contributed by atoms with E-state index < -0.39 is 28.8 Å². The number of carbonyl (C=O) groups excluding carboxylic acids is 1. The van der Waals surface area contributed by atoms with Crippen LogP contribution in [0.1, 0.15) is 57.7 Å². The average Bonchev–Trinajstić information content (AvgIpc) is 3.50. The number of unbranched alkanes of at least 4 members (excludes halogenated alkanes) is 3. The van der Waals surface area contributed by atoms with Gasteiger partial charge in [0.25, 0.3) is 0 Å². The van der Waals surface area contributed by atoms with Crippen LogP contribution in [0.3, 0.4) is 0 Å². The van der Waals surface area contributed by atoms with Crippen LogP contribution in [0.25, 0.3) is 0 Å². The molecule has 2 aliphatic rings. The van der Waals surface area contributed by atoms with Crippen LogP contribution in [0.4, 0.5) is 13.2 Å². The van der Waals surface area contributed by atoms with Gasteiger partial charge in [-0.15, -0.1) is 22.0 Å². The highest BCUT2D eigenvalue weighted by atomic mass is 32.2. The molecule has 0 bridgehead atoms. The molecule has 0 spiro atoms. The molecule has 0 aromatic carbocycles. The molecule has 8 nitrogen and oxygen atoms in total. The van der Waals surface area contributed by atoms with Crippen molar-refractivity contribution < 1.29 is 27.8 Å². The van der Waals surface area contributed by atoms with Gasteiger partial charge in [-0.05, 0) is 30.9 Å². The van der Waals surface area contributed by atoms with Gasteiger partial charge in [-0.25, -0.2) is 0 Å². The van der Waals surface area contributed by atoms with Crippen LogP contribution < -0.4 is 0 Å². The molecule has 1 aromatic heterocycles. The number of aliphatic hydroxyl groups excluding tert-OH is 1. The molecule has 33 heavy (non-hydrogen) atoms. The number of tetrazole rings is 1. The fourth-order valence-electron chi connectivity index (χ4n) is 3.86. The summed E-state index contributed by atoms with van der Waals surface area (Å²) >= 11 is 0.576. The molecule has 0 saturated carbocycles. The Kier molecular flexibility index (Phi) is 9.33. The lowest BCUT2D eigenvalue weighted by atomic mass is 10.0. The van der Waals surface area contributed by atoms with E-state index in [0.29, 0.717) is 49.2 Å². The quantitative estimate of drug-likeness (QED) is 0.409. The Labute approximate surface area is 195 Å². The molecule has 1 fully saturated rings. The van der Waals surface area contributed by atoms with Gasteiger partial charge in [0.05, 0.1) is 12.7 Å². The van der Waals surface area contributed by atoms with E-state index in [1.165, 1.54) is 4.90 Å². The van der Waals surface area contributed by atoms with E-state index in [2.05, 4.69) is 27.5 Å². The monoisotopic (exact) mass is 489 g/mol. The number of H-pyrrole nitrogens is 1. The first-order valence-corrected chi connectivity index (χ1v) is 12.2. The first-order chi connectivity index (χ1) is 15.8. The SMILES string of the molecule is CCCCCC(O)C1=CC=C(N2C(=O)C(C(F)(F)F)SC2COCCCCc2nn[nH]n2)C1. The van der Waals surface area contributed by atoms with Crippen LogP contribution in [0.5, 0.6) is 0 Å². The summed E-state index contributed by atoms with van der Waals surface area (Å²) in [6.45, 7) is 2.42. The largest absolute Gasteiger partial charge is 0.409 e. The van der Waals surface area contributed by atoms with Crippen molar-refractivity contribution in [3.05, 3.63) is 29.2 Å². The molecule has 12 heteroatoms. The molecule has 0 radical (unpaired) electrons. The molecule has 1 amide bonds. The van der Waals surface area contributed by atoms with E-state index in [0.717, 1.165) is 31.3 Å². The van der Waals surface area contributed by atoms with Crippen molar-refractivity contribution in [1.29, 1.82) is 0 Å². The molecular weight excluding hydrogens is 459 g/mol. The molecule has 2 heterocycles. The lowest BCUT2D eigenvalue weighted by Gasteiger charge is -2.26. The normalized spacial score (nSPS) is 22.1. The fourth-order valence-corrected chi connectivity index (χ4v) is 5.09. The second-order valence-electron chi connectivity index (χ2n) is 8.17. The minimum absolute atomic E-state index is 0.00305. The van der Waals surface area contributed by atoms with Crippen molar-refractivity contribution in [3.8, 4) is 0 Å². The number of amides is 1. The molecular formula is C21H30F3N5O3S. The highest BCUT2D eigenvalue weighted by Crippen LogP contribution is 2.44. The molecule has 1 aliphatic heterocycles. The van der Waals surface area contributed by atoms with Gasteiger partial charge in [0, 0.05) is 25.1 Å². The molecule has 1 saturated heterocycles. The summed E-state index contributed by atoms with van der Waals surface area (Å²) in [5.41, 5.74) is 1.21. The first-order valence-electron chi connectivity index (χ1n) is 11.2. The number of ether oxygens (including phenoxy) is 1. The van der Waals surface area contributed by atoms with Gasteiger partial charge in [0.2, 0.25) is 5.91 Å². The van der Waals surface area contributed by atoms with Crippen LogP contribution in [0.2, 0.25) is 0 Å². The lowest BCUT2D eigenvalue weighted by Crippen LogP contribution is -2.39. The predicted molar refractivity (Wildman–Crippen MR) is 117 cm³/mol. The summed E-state index contributed by atoms with van der Waals surface area (Å²) in [6, 6.07) is 0. The minimum atomic E-state index is -4.63. The number of alkyl halides is 3. The maximum absolute atomic E-state index is 13.4. The number of rotatable bonds is 13. The number of aryl methyl sites for hydroxylation is 1. The third-order valence-electron chi connectivity index (χ3n) is 5.62. The number of nitrogens with zero attached hydrogens (tertiary/aromatic N) is 4. The maximum atomic E-state index is 13.4. The van der Waals surface area contributed by atoms with E-state index in [1.54, 1.807) is 12.2 Å². The number of allylic oxidation sites excluding steroid dienone is 3. The Hall–Kier alpha value is -1.92.